The van der Waals surface area contributed by atoms with Gasteiger partial charge in [0.15, 0.2) is 0 Å². The van der Waals surface area contributed by atoms with Gasteiger partial charge in [-0.25, -0.2) is 0 Å². The lowest BCUT2D eigenvalue weighted by molar-refractivity contribution is -0.144. The third-order valence-electron chi connectivity index (χ3n) is 10.6. The summed E-state index contributed by atoms with van der Waals surface area (Å²) in [4.78, 5) is 36.7. The first kappa shape index (κ1) is 52.5. The second-order valence-electron chi connectivity index (χ2n) is 15.9. The van der Waals surface area contributed by atoms with Crippen molar-refractivity contribution in [2.45, 2.75) is 212 Å². The molecule has 0 bridgehead atoms. The van der Waals surface area contributed by atoms with Gasteiger partial charge >= 0.3 is 17.9 Å². The molecule has 0 aromatic carbocycles. The van der Waals surface area contributed by atoms with Crippen molar-refractivity contribution < 1.29 is 28.6 Å². The van der Waals surface area contributed by atoms with Crippen molar-refractivity contribution in [1.29, 1.82) is 0 Å². The molecule has 0 amide bonds. The minimum atomic E-state index is -0.104. The van der Waals surface area contributed by atoms with Gasteiger partial charge < -0.3 is 30.2 Å². The molecule has 0 saturated heterocycles. The second kappa shape index (κ2) is 40.3. The lowest BCUT2D eigenvalue weighted by Crippen LogP contribution is -2.32. The Morgan fingerprint density at radius 1 is 0.421 bits per heavy atom. The van der Waals surface area contributed by atoms with Crippen LogP contribution in [-0.4, -0.2) is 75.5 Å². The van der Waals surface area contributed by atoms with Crippen LogP contribution in [0.25, 0.3) is 0 Å². The number of rotatable bonds is 6. The highest BCUT2D eigenvalue weighted by Crippen LogP contribution is 2.13. The Balaban J connectivity index is 2.50. The first-order chi connectivity index (χ1) is 28.0. The molecule has 1 aliphatic rings. The van der Waals surface area contributed by atoms with Gasteiger partial charge in [-0.3, -0.25) is 14.4 Å². The summed E-state index contributed by atoms with van der Waals surface area (Å²) in [5.74, 6) is -0.313. The van der Waals surface area contributed by atoms with E-state index in [1.165, 1.54) is 19.3 Å². The maximum atomic E-state index is 12.2. The molecule has 9 heteroatoms. The first-order valence-electron chi connectivity index (χ1n) is 23.6. The quantitative estimate of drug-likeness (QED) is 0.137. The predicted molar refractivity (Wildman–Crippen MR) is 237 cm³/mol. The van der Waals surface area contributed by atoms with Crippen LogP contribution < -0.4 is 16.0 Å². The summed E-state index contributed by atoms with van der Waals surface area (Å²) >= 11 is 0. The Labute approximate surface area is 349 Å². The van der Waals surface area contributed by atoms with E-state index in [2.05, 4.69) is 73.2 Å². The smallest absolute Gasteiger partial charge is 0.305 e. The largest absolute Gasteiger partial charge is 0.464 e. The minimum absolute atomic E-state index is 0.104. The van der Waals surface area contributed by atoms with E-state index in [0.29, 0.717) is 76.8 Å². The summed E-state index contributed by atoms with van der Waals surface area (Å²) in [6.45, 7) is 10.1. The average Bonchev–Trinajstić information content (AvgIpc) is 3.20. The Morgan fingerprint density at radius 3 is 0.947 bits per heavy atom. The molecule has 57 heavy (non-hydrogen) atoms. The highest BCUT2D eigenvalue weighted by molar-refractivity contribution is 5.69. The zero-order valence-corrected chi connectivity index (χ0v) is 37.0. The molecule has 330 valence electrons. The van der Waals surface area contributed by atoms with Crippen molar-refractivity contribution in [3.63, 3.8) is 0 Å². The lowest BCUT2D eigenvalue weighted by Gasteiger charge is -2.18. The number of hydrogen-bond donors (Lipinski definition) is 3. The van der Waals surface area contributed by atoms with Gasteiger partial charge in [0.05, 0.1) is 0 Å². The Bertz CT molecular complexity index is 919. The van der Waals surface area contributed by atoms with Crippen molar-refractivity contribution in [1.82, 2.24) is 16.0 Å². The molecular formula is C48H87N3O6. The number of cyclic esters (lactones) is 3. The molecule has 9 nitrogen and oxygen atoms in total. The predicted octanol–water partition coefficient (Wildman–Crippen LogP) is 10.8. The summed E-state index contributed by atoms with van der Waals surface area (Å²) in [5, 5.41) is 10.8. The van der Waals surface area contributed by atoms with Gasteiger partial charge in [0, 0.05) is 57.0 Å². The van der Waals surface area contributed by atoms with Crippen LogP contribution in [0.3, 0.4) is 0 Å². The van der Waals surface area contributed by atoms with E-state index in [4.69, 9.17) is 14.2 Å². The molecule has 0 spiro atoms. The number of carbonyl (C=O) groups excluding carboxylic acids is 3. The van der Waals surface area contributed by atoms with Gasteiger partial charge in [-0.15, -0.1) is 0 Å². The van der Waals surface area contributed by atoms with Crippen LogP contribution in [0.1, 0.15) is 194 Å². The fraction of sp³-hybridized carbons (Fsp3) is 0.812. The first-order valence-corrected chi connectivity index (χ1v) is 23.6. The molecule has 3 N–H and O–H groups in total. The zero-order valence-electron chi connectivity index (χ0n) is 37.0. The van der Waals surface area contributed by atoms with Crippen LogP contribution in [-0.2, 0) is 28.6 Å². The van der Waals surface area contributed by atoms with Crippen LogP contribution in [0.5, 0.6) is 0 Å². The molecule has 1 rings (SSSR count). The standard InChI is InChI=1S/C48H87N3O6/c1-4-28-43-31-22-16-10-7-13-19-26-35-47(53)56-41-38-50-45(30-6-3)33-24-18-12-9-15-21-27-36-48(54)57-42-39-51-44(29-5-2)32-23-17-11-8-14-20-25-34-46(52)55-40-37-49-43/h7-9,13-15,43-45,49-51H,4-6,10-12,16-42H2,1-3H3/b13-7-,14-8+,15-9+. The number of hydrogen-bond acceptors (Lipinski definition) is 9. The van der Waals surface area contributed by atoms with Crippen LogP contribution in [0.15, 0.2) is 36.5 Å². The van der Waals surface area contributed by atoms with E-state index >= 15 is 0 Å². The summed E-state index contributed by atoms with van der Waals surface area (Å²) in [7, 11) is 0. The van der Waals surface area contributed by atoms with Gasteiger partial charge in [0.1, 0.15) is 19.8 Å². The van der Waals surface area contributed by atoms with Crippen LogP contribution >= 0.6 is 0 Å². The Morgan fingerprint density at radius 2 is 0.684 bits per heavy atom. The topological polar surface area (TPSA) is 115 Å². The Kier molecular flexibility index (Phi) is 37.1. The maximum Gasteiger partial charge on any atom is 0.305 e. The molecule has 0 aromatic rings. The van der Waals surface area contributed by atoms with E-state index in [9.17, 15) is 14.4 Å². The third kappa shape index (κ3) is 35.2. The summed E-state index contributed by atoms with van der Waals surface area (Å²) in [6, 6.07) is 1.38. The van der Waals surface area contributed by atoms with Gasteiger partial charge in [0.25, 0.3) is 0 Å². The average molecular weight is 802 g/mol. The SMILES string of the molecule is CCCC1CCCC/C=C/CCCC(=O)OCCNC(CCC)CCCC/C=C/CCCC(=O)OCCNC(CCC)CCCC/C=C\CCCC(=O)OCCN1. The van der Waals surface area contributed by atoms with Gasteiger partial charge in [-0.05, 0) is 116 Å². The molecule has 0 saturated carbocycles. The molecular weight excluding hydrogens is 715 g/mol. The highest BCUT2D eigenvalue weighted by Gasteiger charge is 2.11. The van der Waals surface area contributed by atoms with E-state index < -0.39 is 0 Å². The Hall–Kier alpha value is -2.49. The fourth-order valence-corrected chi connectivity index (χ4v) is 7.35. The van der Waals surface area contributed by atoms with Crippen LogP contribution in [0.4, 0.5) is 0 Å². The molecule has 0 radical (unpaired) electrons. The number of nitrogens with one attached hydrogen (secondary N) is 3. The second-order valence-corrected chi connectivity index (χ2v) is 15.9. The van der Waals surface area contributed by atoms with E-state index in [1.807, 2.05) is 0 Å². The number of allylic oxidation sites excluding steroid dienone is 6. The highest BCUT2D eigenvalue weighted by atomic mass is 16.5. The maximum absolute atomic E-state index is 12.2. The van der Waals surface area contributed by atoms with Crippen LogP contribution in [0.2, 0.25) is 0 Å². The summed E-state index contributed by atoms with van der Waals surface area (Å²) in [6.07, 6.45) is 40.3. The van der Waals surface area contributed by atoms with E-state index in [0.717, 1.165) is 135 Å². The van der Waals surface area contributed by atoms with Crippen LogP contribution in [0, 0.1) is 0 Å². The number of esters is 3. The van der Waals surface area contributed by atoms with Crippen molar-refractivity contribution in [2.24, 2.45) is 0 Å². The van der Waals surface area contributed by atoms with E-state index in [1.54, 1.807) is 0 Å². The normalized spacial score (nSPS) is 25.9. The molecule has 1 aliphatic heterocycles. The molecule has 3 unspecified atom stereocenters. The van der Waals surface area contributed by atoms with Gasteiger partial charge in [0.2, 0.25) is 0 Å². The third-order valence-corrected chi connectivity index (χ3v) is 10.6. The van der Waals surface area contributed by atoms with Crippen molar-refractivity contribution in [2.75, 3.05) is 39.5 Å². The minimum Gasteiger partial charge on any atom is -0.464 e. The van der Waals surface area contributed by atoms with Crippen molar-refractivity contribution >= 4 is 17.9 Å². The van der Waals surface area contributed by atoms with Gasteiger partial charge in [-0.2, -0.15) is 0 Å². The molecule has 0 aromatic heterocycles. The van der Waals surface area contributed by atoms with Gasteiger partial charge in [-0.1, -0.05) is 95.8 Å². The lowest BCUT2D eigenvalue weighted by atomic mass is 10.0. The fourth-order valence-electron chi connectivity index (χ4n) is 7.35. The molecule has 0 aliphatic carbocycles. The summed E-state index contributed by atoms with van der Waals surface area (Å²) in [5.41, 5.74) is 0. The summed E-state index contributed by atoms with van der Waals surface area (Å²) < 4.78 is 16.5. The molecule has 3 atom stereocenters. The number of carbonyl (C=O) groups is 3. The molecule has 0 fully saturated rings. The monoisotopic (exact) mass is 802 g/mol. The van der Waals surface area contributed by atoms with E-state index in [-0.39, 0.29) is 17.9 Å². The zero-order chi connectivity index (χ0) is 41.3. The van der Waals surface area contributed by atoms with Crippen molar-refractivity contribution in [3.05, 3.63) is 36.5 Å². The van der Waals surface area contributed by atoms with Crippen molar-refractivity contribution in [3.8, 4) is 0 Å². The number of ether oxygens (including phenoxy) is 3. The molecule has 1 heterocycles.